The van der Waals surface area contributed by atoms with E-state index in [-0.39, 0.29) is 10.9 Å². The van der Waals surface area contributed by atoms with Crippen molar-refractivity contribution in [2.24, 2.45) is 5.14 Å². The molecule has 1 unspecified atom stereocenters. The standard InChI is InChI=1S/C10H16N2O3S/c1-8(7-15-2)12-9-4-3-5-10(6-9)16(11,13)14/h3-6,8,12H,7H2,1-2H3,(H2,11,13,14). The van der Waals surface area contributed by atoms with E-state index in [9.17, 15) is 8.42 Å². The Balaban J connectivity index is 2.83. The van der Waals surface area contributed by atoms with E-state index >= 15 is 0 Å². The van der Waals surface area contributed by atoms with Crippen LogP contribution in [0.15, 0.2) is 29.2 Å². The number of rotatable bonds is 5. The highest BCUT2D eigenvalue weighted by atomic mass is 32.2. The highest BCUT2D eigenvalue weighted by Gasteiger charge is 2.08. The summed E-state index contributed by atoms with van der Waals surface area (Å²) in [6.45, 7) is 2.48. The van der Waals surface area contributed by atoms with Gasteiger partial charge in [-0.2, -0.15) is 0 Å². The van der Waals surface area contributed by atoms with Crippen molar-refractivity contribution >= 4 is 15.7 Å². The SMILES string of the molecule is COCC(C)Nc1cccc(S(N)(=O)=O)c1. The lowest BCUT2D eigenvalue weighted by atomic mass is 10.3. The molecule has 1 aromatic carbocycles. The van der Waals surface area contributed by atoms with Crippen LogP contribution in [0.5, 0.6) is 0 Å². The topological polar surface area (TPSA) is 81.4 Å². The number of hydrogen-bond donors (Lipinski definition) is 2. The van der Waals surface area contributed by atoms with Gasteiger partial charge < -0.3 is 10.1 Å². The predicted molar refractivity (Wildman–Crippen MR) is 62.8 cm³/mol. The van der Waals surface area contributed by atoms with Gasteiger partial charge in [-0.3, -0.25) is 0 Å². The molecule has 0 spiro atoms. The maximum atomic E-state index is 11.1. The summed E-state index contributed by atoms with van der Waals surface area (Å²) in [7, 11) is -2.03. The summed E-state index contributed by atoms with van der Waals surface area (Å²) < 4.78 is 27.2. The molecule has 0 bridgehead atoms. The average Bonchev–Trinajstić information content (AvgIpc) is 2.17. The van der Waals surface area contributed by atoms with Crippen LogP contribution in [0, 0.1) is 0 Å². The predicted octanol–water partition coefficient (Wildman–Crippen LogP) is 0.781. The quantitative estimate of drug-likeness (QED) is 0.802. The second kappa shape index (κ2) is 5.29. The zero-order chi connectivity index (χ0) is 12.2. The lowest BCUT2D eigenvalue weighted by Gasteiger charge is -2.14. The molecule has 0 heterocycles. The monoisotopic (exact) mass is 244 g/mol. The summed E-state index contributed by atoms with van der Waals surface area (Å²) in [4.78, 5) is 0.0992. The number of methoxy groups -OCH3 is 1. The summed E-state index contributed by atoms with van der Waals surface area (Å²) in [5.41, 5.74) is 0.705. The molecule has 3 N–H and O–H groups in total. The van der Waals surface area contributed by atoms with Gasteiger partial charge in [0.15, 0.2) is 0 Å². The van der Waals surface area contributed by atoms with Crippen molar-refractivity contribution < 1.29 is 13.2 Å². The summed E-state index contributed by atoms with van der Waals surface area (Å²) in [5.74, 6) is 0. The fourth-order valence-corrected chi connectivity index (χ4v) is 1.90. The third kappa shape index (κ3) is 3.80. The summed E-state index contributed by atoms with van der Waals surface area (Å²) >= 11 is 0. The van der Waals surface area contributed by atoms with Crippen molar-refractivity contribution in [3.05, 3.63) is 24.3 Å². The van der Waals surface area contributed by atoms with E-state index in [2.05, 4.69) is 5.32 Å². The van der Waals surface area contributed by atoms with Crippen LogP contribution in [0.2, 0.25) is 0 Å². The van der Waals surface area contributed by atoms with Gasteiger partial charge in [0.05, 0.1) is 11.5 Å². The molecule has 1 rings (SSSR count). The van der Waals surface area contributed by atoms with Gasteiger partial charge in [0.2, 0.25) is 10.0 Å². The van der Waals surface area contributed by atoms with Crippen molar-refractivity contribution in [1.29, 1.82) is 0 Å². The van der Waals surface area contributed by atoms with Crippen LogP contribution in [0.4, 0.5) is 5.69 Å². The zero-order valence-corrected chi connectivity index (χ0v) is 10.1. The van der Waals surface area contributed by atoms with Gasteiger partial charge in [0.25, 0.3) is 0 Å². The highest BCUT2D eigenvalue weighted by molar-refractivity contribution is 7.89. The van der Waals surface area contributed by atoms with Gasteiger partial charge in [-0.15, -0.1) is 0 Å². The Bertz CT molecular complexity index is 445. The Morgan fingerprint density at radius 1 is 1.50 bits per heavy atom. The second-order valence-corrected chi connectivity index (χ2v) is 5.13. The first-order valence-corrected chi connectivity index (χ1v) is 6.36. The normalized spacial score (nSPS) is 13.4. The summed E-state index contributed by atoms with van der Waals surface area (Å²) in [6.07, 6.45) is 0. The van der Waals surface area contributed by atoms with Gasteiger partial charge in [0.1, 0.15) is 0 Å². The Labute approximate surface area is 95.7 Å². The van der Waals surface area contributed by atoms with Crippen molar-refractivity contribution in [2.75, 3.05) is 19.0 Å². The number of hydrogen-bond acceptors (Lipinski definition) is 4. The summed E-state index contributed by atoms with van der Waals surface area (Å²) in [6, 6.07) is 6.48. The van der Waals surface area contributed by atoms with Crippen LogP contribution >= 0.6 is 0 Å². The zero-order valence-electron chi connectivity index (χ0n) is 9.30. The van der Waals surface area contributed by atoms with Crippen molar-refractivity contribution in [1.82, 2.24) is 0 Å². The van der Waals surface area contributed by atoms with Crippen molar-refractivity contribution in [2.45, 2.75) is 17.9 Å². The van der Waals surface area contributed by atoms with E-state index in [1.807, 2.05) is 6.92 Å². The molecule has 16 heavy (non-hydrogen) atoms. The molecule has 0 aromatic heterocycles. The van der Waals surface area contributed by atoms with E-state index in [0.717, 1.165) is 0 Å². The first kappa shape index (κ1) is 13.0. The second-order valence-electron chi connectivity index (χ2n) is 3.57. The number of nitrogens with one attached hydrogen (secondary N) is 1. The molecule has 0 saturated heterocycles. The number of primary sulfonamides is 1. The van der Waals surface area contributed by atoms with Crippen molar-refractivity contribution in [3.63, 3.8) is 0 Å². The Hall–Kier alpha value is -1.11. The molecule has 1 atom stereocenters. The molecule has 0 amide bonds. The number of benzene rings is 1. The number of sulfonamides is 1. The van der Waals surface area contributed by atoms with Gasteiger partial charge >= 0.3 is 0 Å². The molecule has 0 aliphatic heterocycles. The van der Waals surface area contributed by atoms with Gasteiger partial charge in [0, 0.05) is 18.8 Å². The molecule has 6 heteroatoms. The Kier molecular flexibility index (Phi) is 4.28. The minimum absolute atomic E-state index is 0.0979. The first-order chi connectivity index (χ1) is 7.43. The molecule has 0 radical (unpaired) electrons. The molecule has 0 fully saturated rings. The van der Waals surface area contributed by atoms with Gasteiger partial charge in [-0.1, -0.05) is 6.07 Å². The summed E-state index contributed by atoms with van der Waals surface area (Å²) in [5, 5.41) is 8.15. The lowest BCUT2D eigenvalue weighted by molar-refractivity contribution is 0.190. The fraction of sp³-hybridized carbons (Fsp3) is 0.400. The maximum Gasteiger partial charge on any atom is 0.238 e. The average molecular weight is 244 g/mol. The number of nitrogens with two attached hydrogens (primary N) is 1. The maximum absolute atomic E-state index is 11.1. The third-order valence-electron chi connectivity index (χ3n) is 1.99. The van der Waals surface area contributed by atoms with Crippen molar-refractivity contribution in [3.8, 4) is 0 Å². The van der Waals surface area contributed by atoms with Crippen LogP contribution in [0.1, 0.15) is 6.92 Å². The largest absolute Gasteiger partial charge is 0.383 e. The first-order valence-electron chi connectivity index (χ1n) is 4.82. The van der Waals surface area contributed by atoms with E-state index in [1.165, 1.54) is 12.1 Å². The van der Waals surface area contributed by atoms with E-state index in [4.69, 9.17) is 9.88 Å². The number of ether oxygens (including phenoxy) is 1. The van der Waals surface area contributed by atoms with Crippen LogP contribution in [0.3, 0.4) is 0 Å². The molecule has 1 aromatic rings. The molecular formula is C10H16N2O3S. The Morgan fingerprint density at radius 2 is 2.19 bits per heavy atom. The lowest BCUT2D eigenvalue weighted by Crippen LogP contribution is -2.21. The molecule has 0 aliphatic rings. The molecule has 90 valence electrons. The van der Waals surface area contributed by atoms with Crippen LogP contribution in [-0.2, 0) is 14.8 Å². The highest BCUT2D eigenvalue weighted by Crippen LogP contribution is 2.14. The Morgan fingerprint density at radius 3 is 2.75 bits per heavy atom. The van der Waals surface area contributed by atoms with Crippen LogP contribution in [-0.4, -0.2) is 28.2 Å². The molecule has 5 nitrogen and oxygen atoms in total. The molecular weight excluding hydrogens is 228 g/mol. The van der Waals surface area contributed by atoms with E-state index in [1.54, 1.807) is 19.2 Å². The smallest absolute Gasteiger partial charge is 0.238 e. The van der Waals surface area contributed by atoms with Crippen LogP contribution < -0.4 is 10.5 Å². The number of anilines is 1. The fourth-order valence-electron chi connectivity index (χ4n) is 1.34. The van der Waals surface area contributed by atoms with Crippen LogP contribution in [0.25, 0.3) is 0 Å². The van der Waals surface area contributed by atoms with E-state index < -0.39 is 10.0 Å². The molecule has 0 aliphatic carbocycles. The minimum Gasteiger partial charge on any atom is -0.383 e. The third-order valence-corrected chi connectivity index (χ3v) is 2.90. The van der Waals surface area contributed by atoms with Gasteiger partial charge in [-0.25, -0.2) is 13.6 Å². The van der Waals surface area contributed by atoms with E-state index in [0.29, 0.717) is 12.3 Å². The van der Waals surface area contributed by atoms with Gasteiger partial charge in [-0.05, 0) is 25.1 Å². The minimum atomic E-state index is -3.64. The molecule has 0 saturated carbocycles.